The number of hydrogen-bond donors (Lipinski definition) is 1. The molecule has 0 saturated heterocycles. The van der Waals surface area contributed by atoms with Gasteiger partial charge in [-0.15, -0.1) is 0 Å². The van der Waals surface area contributed by atoms with Crippen molar-refractivity contribution in [2.45, 2.75) is 6.23 Å². The molecule has 0 aliphatic carbocycles. The van der Waals surface area contributed by atoms with Crippen LogP contribution < -0.4 is 10.1 Å². The zero-order chi connectivity index (χ0) is 34.9. The van der Waals surface area contributed by atoms with Crippen molar-refractivity contribution in [1.29, 1.82) is 0 Å². The standard InChI is InChI=1S/C49H33N3O/c1-3-12-32(13-4-1)33-14-11-17-38(28-33)52-45-21-10-8-19-40(45)42-30-36(24-27-47(42)52)49-50-43-25-22-35(31-48(43)53-49)34-23-26-46-41(29-34)39-18-7-9-20-44(39)51(46)37-15-5-2-6-16-37/h1-31,49-50H. The van der Waals surface area contributed by atoms with Crippen LogP contribution in [0.4, 0.5) is 5.69 Å². The smallest absolute Gasteiger partial charge is 0.196 e. The lowest BCUT2D eigenvalue weighted by Gasteiger charge is -2.13. The highest BCUT2D eigenvalue weighted by atomic mass is 16.5. The molecule has 4 nitrogen and oxygen atoms in total. The van der Waals surface area contributed by atoms with E-state index in [1.165, 1.54) is 54.7 Å². The third kappa shape index (κ3) is 4.77. The summed E-state index contributed by atoms with van der Waals surface area (Å²) in [5.74, 6) is 0.861. The van der Waals surface area contributed by atoms with Gasteiger partial charge in [0, 0.05) is 38.5 Å². The summed E-state index contributed by atoms with van der Waals surface area (Å²) in [5, 5.41) is 8.55. The molecule has 1 atom stereocenters. The molecular formula is C49H33N3O. The van der Waals surface area contributed by atoms with Crippen LogP contribution in [0.15, 0.2) is 188 Å². The van der Waals surface area contributed by atoms with E-state index in [9.17, 15) is 0 Å². The van der Waals surface area contributed by atoms with Crippen LogP contribution in [0, 0.1) is 0 Å². The van der Waals surface area contributed by atoms with Crippen molar-refractivity contribution >= 4 is 49.3 Å². The Labute approximate surface area is 306 Å². The maximum Gasteiger partial charge on any atom is 0.196 e. The Morgan fingerprint density at radius 1 is 0.377 bits per heavy atom. The summed E-state index contributed by atoms with van der Waals surface area (Å²) in [5.41, 5.74) is 13.8. The summed E-state index contributed by atoms with van der Waals surface area (Å²) in [4.78, 5) is 0. The van der Waals surface area contributed by atoms with E-state index in [1.54, 1.807) is 0 Å². The van der Waals surface area contributed by atoms with Crippen molar-refractivity contribution in [3.63, 3.8) is 0 Å². The number of ether oxygens (including phenoxy) is 1. The zero-order valence-corrected chi connectivity index (χ0v) is 28.8. The van der Waals surface area contributed by atoms with Gasteiger partial charge in [0.15, 0.2) is 6.23 Å². The van der Waals surface area contributed by atoms with Gasteiger partial charge in [0.25, 0.3) is 0 Å². The highest BCUT2D eigenvalue weighted by Gasteiger charge is 2.25. The van der Waals surface area contributed by atoms with Gasteiger partial charge in [0.1, 0.15) is 5.75 Å². The Morgan fingerprint density at radius 2 is 0.925 bits per heavy atom. The lowest BCUT2D eigenvalue weighted by Crippen LogP contribution is -2.09. The second kappa shape index (κ2) is 11.8. The molecule has 11 rings (SSSR count). The molecule has 4 heteroatoms. The predicted molar refractivity (Wildman–Crippen MR) is 219 cm³/mol. The van der Waals surface area contributed by atoms with Crippen LogP contribution in [0.1, 0.15) is 11.8 Å². The second-order valence-electron chi connectivity index (χ2n) is 13.8. The molecule has 250 valence electrons. The number of nitrogens with zero attached hydrogens (tertiary/aromatic N) is 2. The van der Waals surface area contributed by atoms with E-state index < -0.39 is 0 Å². The molecule has 1 unspecified atom stereocenters. The molecule has 53 heavy (non-hydrogen) atoms. The van der Waals surface area contributed by atoms with Crippen LogP contribution in [-0.2, 0) is 0 Å². The summed E-state index contributed by atoms with van der Waals surface area (Å²) < 4.78 is 11.4. The van der Waals surface area contributed by atoms with Crippen LogP contribution in [0.25, 0.3) is 77.2 Å². The van der Waals surface area contributed by atoms with Gasteiger partial charge in [0.2, 0.25) is 0 Å². The van der Waals surface area contributed by atoms with E-state index in [0.717, 1.165) is 39.5 Å². The largest absolute Gasteiger partial charge is 0.464 e. The summed E-state index contributed by atoms with van der Waals surface area (Å²) in [6, 6.07) is 67.3. The van der Waals surface area contributed by atoms with E-state index >= 15 is 0 Å². The van der Waals surface area contributed by atoms with Crippen molar-refractivity contribution in [2.75, 3.05) is 5.32 Å². The van der Waals surface area contributed by atoms with Gasteiger partial charge in [-0.3, -0.25) is 0 Å². The normalized spacial score (nSPS) is 13.8. The van der Waals surface area contributed by atoms with E-state index in [1.807, 2.05) is 0 Å². The van der Waals surface area contributed by atoms with Crippen molar-refractivity contribution in [3.8, 4) is 39.4 Å². The van der Waals surface area contributed by atoms with Crippen molar-refractivity contribution in [2.24, 2.45) is 0 Å². The summed E-state index contributed by atoms with van der Waals surface area (Å²) in [7, 11) is 0. The molecule has 0 spiro atoms. The summed E-state index contributed by atoms with van der Waals surface area (Å²) >= 11 is 0. The first-order chi connectivity index (χ1) is 26.3. The number of hydrogen-bond acceptors (Lipinski definition) is 2. The Balaban J connectivity index is 0.943. The van der Waals surface area contributed by atoms with Crippen LogP contribution in [0.2, 0.25) is 0 Å². The lowest BCUT2D eigenvalue weighted by molar-refractivity contribution is 0.260. The van der Waals surface area contributed by atoms with Gasteiger partial charge >= 0.3 is 0 Å². The van der Waals surface area contributed by atoms with Crippen LogP contribution >= 0.6 is 0 Å². The molecule has 10 aromatic rings. The average Bonchev–Trinajstić information content (AvgIpc) is 3.91. The monoisotopic (exact) mass is 679 g/mol. The Hall–Kier alpha value is -7.04. The Kier molecular flexibility index (Phi) is 6.58. The predicted octanol–water partition coefficient (Wildman–Crippen LogP) is 12.7. The molecule has 0 radical (unpaired) electrons. The maximum absolute atomic E-state index is 6.67. The number of nitrogens with one attached hydrogen (secondary N) is 1. The third-order valence-corrected chi connectivity index (χ3v) is 10.7. The van der Waals surface area contributed by atoms with E-state index in [-0.39, 0.29) is 6.23 Å². The number of aromatic nitrogens is 2. The minimum atomic E-state index is -0.292. The fourth-order valence-electron chi connectivity index (χ4n) is 8.26. The van der Waals surface area contributed by atoms with Gasteiger partial charge in [-0.05, 0) is 95.1 Å². The molecule has 2 aromatic heterocycles. The van der Waals surface area contributed by atoms with E-state index in [2.05, 4.69) is 203 Å². The molecule has 1 N–H and O–H groups in total. The molecule has 0 amide bonds. The van der Waals surface area contributed by atoms with Crippen LogP contribution in [0.5, 0.6) is 5.75 Å². The lowest BCUT2D eigenvalue weighted by atomic mass is 10.0. The van der Waals surface area contributed by atoms with Crippen LogP contribution in [-0.4, -0.2) is 9.13 Å². The first kappa shape index (κ1) is 29.7. The fourth-order valence-corrected chi connectivity index (χ4v) is 8.26. The first-order valence-electron chi connectivity index (χ1n) is 18.1. The van der Waals surface area contributed by atoms with Crippen molar-refractivity contribution in [1.82, 2.24) is 9.13 Å². The number of para-hydroxylation sites is 3. The van der Waals surface area contributed by atoms with Crippen LogP contribution in [0.3, 0.4) is 0 Å². The number of fused-ring (bicyclic) bond motifs is 7. The zero-order valence-electron chi connectivity index (χ0n) is 28.8. The number of benzene rings is 8. The Bertz CT molecular complexity index is 3010. The maximum atomic E-state index is 6.67. The molecule has 3 heterocycles. The van der Waals surface area contributed by atoms with Gasteiger partial charge in [-0.25, -0.2) is 0 Å². The molecular weight excluding hydrogens is 647 g/mol. The topological polar surface area (TPSA) is 31.1 Å². The number of anilines is 1. The first-order valence-corrected chi connectivity index (χ1v) is 18.1. The fraction of sp³-hybridized carbons (Fsp3) is 0.0204. The van der Waals surface area contributed by atoms with Gasteiger partial charge in [0.05, 0.1) is 27.8 Å². The SMILES string of the molecule is c1ccc(-c2cccc(-n3c4ccccc4c4cc(C5Nc6ccc(-c7ccc8c(c7)c7ccccc7n8-c7ccccc7)cc6O5)ccc43)c2)cc1. The Morgan fingerprint density at radius 3 is 1.70 bits per heavy atom. The molecule has 0 saturated carbocycles. The number of rotatable bonds is 5. The molecule has 1 aliphatic rings. The van der Waals surface area contributed by atoms with Gasteiger partial charge in [-0.2, -0.15) is 0 Å². The molecule has 0 fully saturated rings. The van der Waals surface area contributed by atoms with E-state index in [4.69, 9.17) is 4.74 Å². The minimum absolute atomic E-state index is 0.292. The van der Waals surface area contributed by atoms with E-state index in [0.29, 0.717) is 0 Å². The highest BCUT2D eigenvalue weighted by Crippen LogP contribution is 2.43. The third-order valence-electron chi connectivity index (χ3n) is 10.7. The minimum Gasteiger partial charge on any atom is -0.464 e. The van der Waals surface area contributed by atoms with Crippen molar-refractivity contribution in [3.05, 3.63) is 194 Å². The molecule has 0 bridgehead atoms. The molecule has 8 aromatic carbocycles. The van der Waals surface area contributed by atoms with Gasteiger partial charge in [-0.1, -0.05) is 115 Å². The summed E-state index contributed by atoms with van der Waals surface area (Å²) in [6.07, 6.45) is -0.292. The van der Waals surface area contributed by atoms with Crippen molar-refractivity contribution < 1.29 is 4.74 Å². The van der Waals surface area contributed by atoms with Gasteiger partial charge < -0.3 is 19.2 Å². The second-order valence-corrected chi connectivity index (χ2v) is 13.8. The highest BCUT2D eigenvalue weighted by molar-refractivity contribution is 6.11. The average molecular weight is 680 g/mol. The quantitative estimate of drug-likeness (QED) is 0.196. The molecule has 1 aliphatic heterocycles. The summed E-state index contributed by atoms with van der Waals surface area (Å²) in [6.45, 7) is 0.